The van der Waals surface area contributed by atoms with Crippen molar-refractivity contribution in [1.82, 2.24) is 9.36 Å². The normalized spacial score (nSPS) is 13.5. The summed E-state index contributed by atoms with van der Waals surface area (Å²) < 4.78 is 4.22. The standard InChI is InChI=1S/C10H19N3OS/c1-6(2)8(14)5-11-10-12-9(7(3)4)13-15-10/h6-8,14H,5H2,1-4H3,(H,11,12,13). The van der Waals surface area contributed by atoms with Crippen LogP contribution in [-0.4, -0.2) is 27.1 Å². The molecule has 0 radical (unpaired) electrons. The molecule has 1 heterocycles. The SMILES string of the molecule is CC(C)c1nsc(NCC(O)C(C)C)n1. The smallest absolute Gasteiger partial charge is 0.202 e. The van der Waals surface area contributed by atoms with Crippen molar-refractivity contribution < 1.29 is 5.11 Å². The average molecular weight is 229 g/mol. The molecule has 0 aliphatic heterocycles. The number of rotatable bonds is 5. The third-order valence-corrected chi connectivity index (χ3v) is 2.88. The van der Waals surface area contributed by atoms with Crippen molar-refractivity contribution in [3.8, 4) is 0 Å². The van der Waals surface area contributed by atoms with Crippen LogP contribution in [-0.2, 0) is 0 Å². The minimum Gasteiger partial charge on any atom is -0.391 e. The molecule has 0 aliphatic rings. The van der Waals surface area contributed by atoms with Crippen LogP contribution in [0.2, 0.25) is 0 Å². The molecule has 0 amide bonds. The van der Waals surface area contributed by atoms with E-state index in [1.807, 2.05) is 13.8 Å². The highest BCUT2D eigenvalue weighted by Gasteiger charge is 2.11. The third kappa shape index (κ3) is 3.76. The van der Waals surface area contributed by atoms with E-state index < -0.39 is 0 Å². The number of nitrogens with one attached hydrogen (secondary N) is 1. The molecule has 0 saturated carbocycles. The lowest BCUT2D eigenvalue weighted by Gasteiger charge is -2.13. The molecule has 2 N–H and O–H groups in total. The lowest BCUT2D eigenvalue weighted by Crippen LogP contribution is -2.24. The molecule has 0 aromatic carbocycles. The minimum atomic E-state index is -0.337. The van der Waals surface area contributed by atoms with Crippen LogP contribution in [0.1, 0.15) is 39.4 Å². The van der Waals surface area contributed by atoms with Crippen LogP contribution in [0.5, 0.6) is 0 Å². The molecule has 15 heavy (non-hydrogen) atoms. The van der Waals surface area contributed by atoms with E-state index in [9.17, 15) is 5.11 Å². The Kier molecular flexibility index (Phi) is 4.47. The Morgan fingerprint density at radius 2 is 2.00 bits per heavy atom. The first kappa shape index (κ1) is 12.4. The fourth-order valence-corrected chi connectivity index (χ4v) is 1.68. The van der Waals surface area contributed by atoms with Gasteiger partial charge in [-0.15, -0.1) is 0 Å². The zero-order valence-electron chi connectivity index (χ0n) is 9.69. The van der Waals surface area contributed by atoms with E-state index in [1.54, 1.807) is 0 Å². The predicted octanol–water partition coefficient (Wildman–Crippen LogP) is 2.09. The summed E-state index contributed by atoms with van der Waals surface area (Å²) in [5.41, 5.74) is 0. The third-order valence-electron chi connectivity index (χ3n) is 2.19. The van der Waals surface area contributed by atoms with Crippen LogP contribution < -0.4 is 5.32 Å². The zero-order valence-corrected chi connectivity index (χ0v) is 10.5. The Morgan fingerprint density at radius 1 is 1.33 bits per heavy atom. The molecule has 0 saturated heterocycles. The molecule has 4 nitrogen and oxygen atoms in total. The summed E-state index contributed by atoms with van der Waals surface area (Å²) in [6.45, 7) is 8.64. The summed E-state index contributed by atoms with van der Waals surface area (Å²) in [5, 5.41) is 13.5. The summed E-state index contributed by atoms with van der Waals surface area (Å²) in [4.78, 5) is 4.33. The Balaban J connectivity index is 2.44. The zero-order chi connectivity index (χ0) is 11.4. The number of hydrogen-bond acceptors (Lipinski definition) is 5. The van der Waals surface area contributed by atoms with Gasteiger partial charge in [-0.1, -0.05) is 27.7 Å². The molecule has 1 atom stereocenters. The summed E-state index contributed by atoms with van der Waals surface area (Å²) >= 11 is 1.35. The van der Waals surface area contributed by atoms with E-state index >= 15 is 0 Å². The fourth-order valence-electron chi connectivity index (χ4n) is 0.969. The van der Waals surface area contributed by atoms with E-state index in [-0.39, 0.29) is 12.0 Å². The molecule has 86 valence electrons. The minimum absolute atomic E-state index is 0.259. The Hall–Kier alpha value is -0.680. The summed E-state index contributed by atoms with van der Waals surface area (Å²) in [7, 11) is 0. The van der Waals surface area contributed by atoms with Crippen molar-refractivity contribution in [3.63, 3.8) is 0 Å². The van der Waals surface area contributed by atoms with E-state index in [4.69, 9.17) is 0 Å². The van der Waals surface area contributed by atoms with Crippen LogP contribution in [0, 0.1) is 5.92 Å². The van der Waals surface area contributed by atoms with Crippen molar-refractivity contribution in [1.29, 1.82) is 0 Å². The highest BCUT2D eigenvalue weighted by Crippen LogP contribution is 2.17. The van der Waals surface area contributed by atoms with Crippen molar-refractivity contribution in [2.75, 3.05) is 11.9 Å². The van der Waals surface area contributed by atoms with Gasteiger partial charge in [0.25, 0.3) is 0 Å². The van der Waals surface area contributed by atoms with E-state index in [0.29, 0.717) is 12.5 Å². The van der Waals surface area contributed by atoms with Crippen LogP contribution in [0.25, 0.3) is 0 Å². The number of aliphatic hydroxyl groups is 1. The summed E-state index contributed by atoms with van der Waals surface area (Å²) in [5.74, 6) is 1.48. The van der Waals surface area contributed by atoms with Crippen molar-refractivity contribution in [3.05, 3.63) is 5.82 Å². The van der Waals surface area contributed by atoms with Gasteiger partial charge in [0, 0.05) is 24.0 Å². The number of aromatic nitrogens is 2. The maximum atomic E-state index is 9.60. The van der Waals surface area contributed by atoms with E-state index in [0.717, 1.165) is 11.0 Å². The number of anilines is 1. The monoisotopic (exact) mass is 229 g/mol. The molecule has 1 rings (SSSR count). The van der Waals surface area contributed by atoms with Crippen LogP contribution in [0.4, 0.5) is 5.13 Å². The van der Waals surface area contributed by atoms with Crippen molar-refractivity contribution in [2.24, 2.45) is 5.92 Å². The largest absolute Gasteiger partial charge is 0.391 e. The Morgan fingerprint density at radius 3 is 2.47 bits per heavy atom. The van der Waals surface area contributed by atoms with Gasteiger partial charge < -0.3 is 10.4 Å². The Labute approximate surface area is 94.9 Å². The molecule has 1 aromatic heterocycles. The van der Waals surface area contributed by atoms with Gasteiger partial charge in [-0.25, -0.2) is 4.98 Å². The molecule has 0 aliphatic carbocycles. The quantitative estimate of drug-likeness (QED) is 0.811. The lowest BCUT2D eigenvalue weighted by atomic mass is 10.1. The second kappa shape index (κ2) is 5.42. The topological polar surface area (TPSA) is 58.0 Å². The first-order chi connectivity index (χ1) is 7.00. The summed E-state index contributed by atoms with van der Waals surface area (Å²) in [6, 6.07) is 0. The second-order valence-electron chi connectivity index (χ2n) is 4.30. The van der Waals surface area contributed by atoms with Crippen molar-refractivity contribution >= 4 is 16.7 Å². The number of hydrogen-bond donors (Lipinski definition) is 2. The molecule has 0 spiro atoms. The van der Waals surface area contributed by atoms with Gasteiger partial charge in [0.2, 0.25) is 5.13 Å². The maximum absolute atomic E-state index is 9.60. The molecular weight excluding hydrogens is 210 g/mol. The van der Waals surface area contributed by atoms with E-state index in [2.05, 4.69) is 28.5 Å². The van der Waals surface area contributed by atoms with Gasteiger partial charge in [-0.05, 0) is 5.92 Å². The van der Waals surface area contributed by atoms with Crippen LogP contribution in [0.15, 0.2) is 0 Å². The summed E-state index contributed by atoms with van der Waals surface area (Å²) in [6.07, 6.45) is -0.337. The van der Waals surface area contributed by atoms with Gasteiger partial charge in [-0.2, -0.15) is 4.37 Å². The molecule has 5 heteroatoms. The molecule has 0 fully saturated rings. The number of aliphatic hydroxyl groups excluding tert-OH is 1. The second-order valence-corrected chi connectivity index (χ2v) is 5.06. The van der Waals surface area contributed by atoms with Gasteiger partial charge in [0.15, 0.2) is 0 Å². The Bertz CT molecular complexity index is 299. The molecule has 1 aromatic rings. The number of nitrogens with zero attached hydrogens (tertiary/aromatic N) is 2. The van der Waals surface area contributed by atoms with Crippen LogP contribution >= 0.6 is 11.5 Å². The fraction of sp³-hybridized carbons (Fsp3) is 0.800. The van der Waals surface area contributed by atoms with Gasteiger partial charge in [0.1, 0.15) is 5.82 Å². The van der Waals surface area contributed by atoms with E-state index in [1.165, 1.54) is 11.5 Å². The average Bonchev–Trinajstić information content (AvgIpc) is 2.62. The predicted molar refractivity (Wildman–Crippen MR) is 63.3 cm³/mol. The molecule has 1 unspecified atom stereocenters. The highest BCUT2D eigenvalue weighted by molar-refractivity contribution is 7.09. The maximum Gasteiger partial charge on any atom is 0.202 e. The molecular formula is C10H19N3OS. The van der Waals surface area contributed by atoms with Gasteiger partial charge >= 0.3 is 0 Å². The van der Waals surface area contributed by atoms with Crippen LogP contribution in [0.3, 0.4) is 0 Å². The van der Waals surface area contributed by atoms with Gasteiger partial charge in [0.05, 0.1) is 6.10 Å². The first-order valence-electron chi connectivity index (χ1n) is 5.26. The first-order valence-corrected chi connectivity index (χ1v) is 6.03. The molecule has 0 bridgehead atoms. The van der Waals surface area contributed by atoms with Crippen molar-refractivity contribution in [2.45, 2.75) is 39.7 Å². The lowest BCUT2D eigenvalue weighted by molar-refractivity contribution is 0.138. The van der Waals surface area contributed by atoms with Gasteiger partial charge in [-0.3, -0.25) is 0 Å². The highest BCUT2D eigenvalue weighted by atomic mass is 32.1.